The maximum atomic E-state index is 12.6. The van der Waals surface area contributed by atoms with Crippen LogP contribution in [-0.2, 0) is 19.0 Å². The highest BCUT2D eigenvalue weighted by Gasteiger charge is 2.47. The molecule has 2 heterocycles. The Labute approximate surface area is 130 Å². The summed E-state index contributed by atoms with van der Waals surface area (Å²) in [4.78, 5) is 25.1. The lowest BCUT2D eigenvalue weighted by Gasteiger charge is -2.50. The standard InChI is InChI=1S/C15H25NO6/c1-14(2,3)22-13(19)16-9-11(8-12(17)18)21-10-15(16)4-6-20-7-5-15/h11H,4-10H2,1-3H3,(H,17,18). The third-order valence-electron chi connectivity index (χ3n) is 3.99. The quantitative estimate of drug-likeness (QED) is 0.834. The number of amides is 1. The van der Waals surface area contributed by atoms with E-state index in [1.165, 1.54) is 0 Å². The number of ether oxygens (including phenoxy) is 3. The van der Waals surface area contributed by atoms with Crippen LogP contribution in [0.15, 0.2) is 0 Å². The van der Waals surface area contributed by atoms with E-state index in [2.05, 4.69) is 0 Å². The monoisotopic (exact) mass is 315 g/mol. The van der Waals surface area contributed by atoms with Gasteiger partial charge in [0.1, 0.15) is 5.60 Å². The van der Waals surface area contributed by atoms with Crippen LogP contribution in [0, 0.1) is 0 Å². The molecule has 1 unspecified atom stereocenters. The summed E-state index contributed by atoms with van der Waals surface area (Å²) in [5.74, 6) is -0.933. The zero-order valence-corrected chi connectivity index (χ0v) is 13.5. The van der Waals surface area contributed by atoms with Crippen molar-refractivity contribution in [3.05, 3.63) is 0 Å². The fraction of sp³-hybridized carbons (Fsp3) is 0.867. The number of aliphatic carboxylic acids is 1. The maximum absolute atomic E-state index is 12.6. The third-order valence-corrected chi connectivity index (χ3v) is 3.99. The fourth-order valence-corrected chi connectivity index (χ4v) is 2.87. The molecule has 1 spiro atoms. The van der Waals surface area contributed by atoms with E-state index in [1.807, 2.05) is 20.8 Å². The van der Waals surface area contributed by atoms with Crippen LogP contribution in [-0.4, -0.2) is 65.7 Å². The summed E-state index contributed by atoms with van der Waals surface area (Å²) >= 11 is 0. The second kappa shape index (κ2) is 6.42. The van der Waals surface area contributed by atoms with E-state index in [0.717, 1.165) is 0 Å². The molecule has 1 amide bonds. The number of rotatable bonds is 2. The van der Waals surface area contributed by atoms with Gasteiger partial charge in [-0.05, 0) is 33.6 Å². The number of carbonyl (C=O) groups excluding carboxylic acids is 1. The molecule has 0 aromatic rings. The van der Waals surface area contributed by atoms with Gasteiger partial charge in [-0.2, -0.15) is 0 Å². The van der Waals surface area contributed by atoms with Crippen LogP contribution in [0.5, 0.6) is 0 Å². The first-order valence-corrected chi connectivity index (χ1v) is 7.64. The molecular formula is C15H25NO6. The van der Waals surface area contributed by atoms with Crippen molar-refractivity contribution in [1.82, 2.24) is 4.90 Å². The number of morpholine rings is 1. The van der Waals surface area contributed by atoms with E-state index in [-0.39, 0.29) is 13.0 Å². The molecule has 0 aromatic heterocycles. The summed E-state index contributed by atoms with van der Waals surface area (Å²) in [7, 11) is 0. The Balaban J connectivity index is 2.15. The molecule has 2 saturated heterocycles. The average Bonchev–Trinajstić information content (AvgIpc) is 2.39. The molecular weight excluding hydrogens is 290 g/mol. The summed E-state index contributed by atoms with van der Waals surface area (Å²) in [6.45, 7) is 7.14. The van der Waals surface area contributed by atoms with E-state index in [1.54, 1.807) is 4.90 Å². The molecule has 7 nitrogen and oxygen atoms in total. The molecule has 2 aliphatic rings. The minimum Gasteiger partial charge on any atom is -0.481 e. The van der Waals surface area contributed by atoms with Crippen molar-refractivity contribution in [2.24, 2.45) is 0 Å². The van der Waals surface area contributed by atoms with E-state index >= 15 is 0 Å². The third kappa shape index (κ3) is 4.10. The Bertz CT molecular complexity index is 424. The van der Waals surface area contributed by atoms with Crippen LogP contribution in [0.25, 0.3) is 0 Å². The van der Waals surface area contributed by atoms with Crippen LogP contribution in [0.3, 0.4) is 0 Å². The van der Waals surface area contributed by atoms with Gasteiger partial charge in [0.15, 0.2) is 0 Å². The predicted octanol–water partition coefficient (Wildman–Crippen LogP) is 1.65. The molecule has 0 radical (unpaired) electrons. The van der Waals surface area contributed by atoms with Gasteiger partial charge in [-0.3, -0.25) is 9.69 Å². The number of hydrogen-bond acceptors (Lipinski definition) is 5. The number of carbonyl (C=O) groups is 2. The van der Waals surface area contributed by atoms with Crippen molar-refractivity contribution in [2.45, 2.75) is 57.3 Å². The smallest absolute Gasteiger partial charge is 0.410 e. The van der Waals surface area contributed by atoms with Crippen molar-refractivity contribution in [3.63, 3.8) is 0 Å². The Kier molecular flexibility index (Phi) is 4.97. The molecule has 0 aromatic carbocycles. The minimum absolute atomic E-state index is 0.119. The molecule has 1 atom stereocenters. The zero-order valence-electron chi connectivity index (χ0n) is 13.5. The summed E-state index contributed by atoms with van der Waals surface area (Å²) in [5.41, 5.74) is -1.04. The maximum Gasteiger partial charge on any atom is 0.410 e. The van der Waals surface area contributed by atoms with Crippen molar-refractivity contribution < 1.29 is 28.9 Å². The molecule has 126 valence electrons. The van der Waals surface area contributed by atoms with Gasteiger partial charge in [-0.1, -0.05) is 0 Å². The number of carboxylic acid groups (broad SMARTS) is 1. The first-order valence-electron chi connectivity index (χ1n) is 7.64. The predicted molar refractivity (Wildman–Crippen MR) is 77.7 cm³/mol. The fourth-order valence-electron chi connectivity index (χ4n) is 2.87. The van der Waals surface area contributed by atoms with Crippen LogP contribution in [0.1, 0.15) is 40.0 Å². The van der Waals surface area contributed by atoms with Gasteiger partial charge in [0.2, 0.25) is 0 Å². The molecule has 1 N–H and O–H groups in total. The molecule has 7 heteroatoms. The summed E-state index contributed by atoms with van der Waals surface area (Å²) in [6, 6.07) is 0. The first kappa shape index (κ1) is 17.0. The Morgan fingerprint density at radius 3 is 2.50 bits per heavy atom. The van der Waals surface area contributed by atoms with E-state index in [9.17, 15) is 9.59 Å². The van der Waals surface area contributed by atoms with Crippen molar-refractivity contribution in [3.8, 4) is 0 Å². The topological polar surface area (TPSA) is 85.3 Å². The molecule has 0 saturated carbocycles. The van der Waals surface area contributed by atoms with E-state index in [0.29, 0.717) is 32.7 Å². The number of nitrogens with zero attached hydrogens (tertiary/aromatic N) is 1. The summed E-state index contributed by atoms with van der Waals surface area (Å²) < 4.78 is 16.6. The highest BCUT2D eigenvalue weighted by Crippen LogP contribution is 2.34. The first-order chi connectivity index (χ1) is 10.2. The molecule has 2 fully saturated rings. The van der Waals surface area contributed by atoms with Gasteiger partial charge in [0.05, 0.1) is 31.2 Å². The van der Waals surface area contributed by atoms with Crippen LogP contribution < -0.4 is 0 Å². The molecule has 2 aliphatic heterocycles. The van der Waals surface area contributed by atoms with Crippen molar-refractivity contribution in [1.29, 1.82) is 0 Å². The summed E-state index contributed by atoms with van der Waals surface area (Å²) in [6.07, 6.45) is 0.316. The Morgan fingerprint density at radius 2 is 1.95 bits per heavy atom. The lowest BCUT2D eigenvalue weighted by molar-refractivity contribution is -0.157. The largest absolute Gasteiger partial charge is 0.481 e. The van der Waals surface area contributed by atoms with Gasteiger partial charge >= 0.3 is 12.1 Å². The Morgan fingerprint density at radius 1 is 1.32 bits per heavy atom. The van der Waals surface area contributed by atoms with Crippen LogP contribution in [0.4, 0.5) is 4.79 Å². The van der Waals surface area contributed by atoms with Gasteiger partial charge in [0.25, 0.3) is 0 Å². The van der Waals surface area contributed by atoms with Crippen molar-refractivity contribution in [2.75, 3.05) is 26.4 Å². The molecule has 0 aliphatic carbocycles. The SMILES string of the molecule is CC(C)(C)OC(=O)N1CC(CC(=O)O)OCC12CCOCC2. The normalized spacial score (nSPS) is 25.0. The lowest BCUT2D eigenvalue weighted by atomic mass is 9.87. The molecule has 22 heavy (non-hydrogen) atoms. The van der Waals surface area contributed by atoms with E-state index < -0.39 is 29.3 Å². The molecule has 2 rings (SSSR count). The highest BCUT2D eigenvalue weighted by atomic mass is 16.6. The zero-order chi connectivity index (χ0) is 16.4. The second-order valence-corrected chi connectivity index (χ2v) is 6.96. The van der Waals surface area contributed by atoms with Gasteiger partial charge in [-0.25, -0.2) is 4.79 Å². The van der Waals surface area contributed by atoms with Crippen LogP contribution >= 0.6 is 0 Å². The average molecular weight is 315 g/mol. The minimum atomic E-state index is -0.933. The number of hydrogen-bond donors (Lipinski definition) is 1. The molecule has 0 bridgehead atoms. The van der Waals surface area contributed by atoms with Gasteiger partial charge < -0.3 is 19.3 Å². The van der Waals surface area contributed by atoms with Gasteiger partial charge in [-0.15, -0.1) is 0 Å². The van der Waals surface area contributed by atoms with Crippen LogP contribution in [0.2, 0.25) is 0 Å². The Hall–Kier alpha value is -1.34. The highest BCUT2D eigenvalue weighted by molar-refractivity contribution is 5.70. The van der Waals surface area contributed by atoms with Crippen molar-refractivity contribution >= 4 is 12.1 Å². The van der Waals surface area contributed by atoms with Gasteiger partial charge in [0, 0.05) is 13.2 Å². The second-order valence-electron chi connectivity index (χ2n) is 6.96. The number of carboxylic acids is 1. The summed E-state index contributed by atoms with van der Waals surface area (Å²) in [5, 5.41) is 8.94. The van der Waals surface area contributed by atoms with E-state index in [4.69, 9.17) is 19.3 Å². The lowest BCUT2D eigenvalue weighted by Crippen LogP contribution is -2.64.